The molecule has 0 unspecified atom stereocenters. The second-order valence-corrected chi connectivity index (χ2v) is 6.22. The quantitative estimate of drug-likeness (QED) is 0.802. The van der Waals surface area contributed by atoms with Gasteiger partial charge < -0.3 is 10.6 Å². The first-order chi connectivity index (χ1) is 11.1. The zero-order chi connectivity index (χ0) is 16.7. The van der Waals surface area contributed by atoms with Gasteiger partial charge in [0.25, 0.3) is 5.91 Å². The first-order valence-corrected chi connectivity index (χ1v) is 8.15. The van der Waals surface area contributed by atoms with E-state index in [0.29, 0.717) is 23.2 Å². The first-order valence-electron chi connectivity index (χ1n) is 7.78. The SMILES string of the molecule is CC(C)CCNc1ccnc(C(=O)NCc2ccccc2Cl)c1. The normalized spacial score (nSPS) is 10.6. The van der Waals surface area contributed by atoms with Crippen molar-refractivity contribution in [1.82, 2.24) is 10.3 Å². The fourth-order valence-corrected chi connectivity index (χ4v) is 2.28. The smallest absolute Gasteiger partial charge is 0.270 e. The molecule has 0 saturated heterocycles. The molecule has 0 spiro atoms. The molecule has 5 heteroatoms. The number of carbonyl (C=O) groups is 1. The lowest BCUT2D eigenvalue weighted by molar-refractivity contribution is 0.0946. The Kier molecular flexibility index (Phi) is 6.41. The Labute approximate surface area is 142 Å². The van der Waals surface area contributed by atoms with Gasteiger partial charge in [0.05, 0.1) is 0 Å². The Morgan fingerprint density at radius 1 is 1.26 bits per heavy atom. The number of nitrogens with one attached hydrogen (secondary N) is 2. The predicted molar refractivity (Wildman–Crippen MR) is 94.8 cm³/mol. The number of benzene rings is 1. The molecule has 4 nitrogen and oxygen atoms in total. The van der Waals surface area contributed by atoms with Crippen molar-refractivity contribution in [1.29, 1.82) is 0 Å². The lowest BCUT2D eigenvalue weighted by Crippen LogP contribution is -2.24. The van der Waals surface area contributed by atoms with Crippen LogP contribution < -0.4 is 10.6 Å². The first kappa shape index (κ1) is 17.3. The minimum absolute atomic E-state index is 0.211. The van der Waals surface area contributed by atoms with E-state index in [1.165, 1.54) is 0 Å². The predicted octanol–water partition coefficient (Wildman–Crippen LogP) is 4.12. The van der Waals surface area contributed by atoms with Crippen LogP contribution in [0.1, 0.15) is 36.3 Å². The average molecular weight is 332 g/mol. The summed E-state index contributed by atoms with van der Waals surface area (Å²) in [5, 5.41) is 6.80. The molecule has 0 aliphatic heterocycles. The van der Waals surface area contributed by atoms with Crippen LogP contribution in [0.3, 0.4) is 0 Å². The Balaban J connectivity index is 1.93. The van der Waals surface area contributed by atoms with E-state index < -0.39 is 0 Å². The number of nitrogens with zero attached hydrogens (tertiary/aromatic N) is 1. The lowest BCUT2D eigenvalue weighted by Gasteiger charge is -2.10. The van der Waals surface area contributed by atoms with E-state index in [1.54, 1.807) is 18.3 Å². The van der Waals surface area contributed by atoms with Crippen molar-refractivity contribution in [3.63, 3.8) is 0 Å². The molecule has 122 valence electrons. The Morgan fingerprint density at radius 3 is 2.78 bits per heavy atom. The summed E-state index contributed by atoms with van der Waals surface area (Å²) < 4.78 is 0. The number of rotatable bonds is 7. The van der Waals surface area contributed by atoms with Crippen LogP contribution in [0, 0.1) is 5.92 Å². The van der Waals surface area contributed by atoms with E-state index in [1.807, 2.05) is 24.3 Å². The van der Waals surface area contributed by atoms with E-state index in [-0.39, 0.29) is 5.91 Å². The number of pyridine rings is 1. The van der Waals surface area contributed by atoms with Crippen LogP contribution in [0.2, 0.25) is 5.02 Å². The molecular formula is C18H22ClN3O. The highest BCUT2D eigenvalue weighted by Crippen LogP contribution is 2.15. The van der Waals surface area contributed by atoms with Gasteiger partial charge >= 0.3 is 0 Å². The topological polar surface area (TPSA) is 54.0 Å². The molecule has 23 heavy (non-hydrogen) atoms. The molecule has 1 amide bonds. The highest BCUT2D eigenvalue weighted by Gasteiger charge is 2.09. The Bertz CT molecular complexity index is 658. The molecule has 1 aromatic heterocycles. The molecule has 0 atom stereocenters. The number of hydrogen-bond acceptors (Lipinski definition) is 3. The van der Waals surface area contributed by atoms with Gasteiger partial charge in [0, 0.05) is 30.0 Å². The van der Waals surface area contributed by atoms with Gasteiger partial charge in [-0.15, -0.1) is 0 Å². The van der Waals surface area contributed by atoms with E-state index in [0.717, 1.165) is 24.2 Å². The van der Waals surface area contributed by atoms with Gasteiger partial charge in [0.2, 0.25) is 0 Å². The van der Waals surface area contributed by atoms with Crippen molar-refractivity contribution in [2.75, 3.05) is 11.9 Å². The Morgan fingerprint density at radius 2 is 2.04 bits per heavy atom. The maximum Gasteiger partial charge on any atom is 0.270 e. The summed E-state index contributed by atoms with van der Waals surface area (Å²) in [6.07, 6.45) is 2.72. The fraction of sp³-hybridized carbons (Fsp3) is 0.333. The molecule has 0 aliphatic carbocycles. The van der Waals surface area contributed by atoms with Crippen LogP contribution in [0.15, 0.2) is 42.6 Å². The summed E-state index contributed by atoms with van der Waals surface area (Å²) in [5.74, 6) is 0.431. The summed E-state index contributed by atoms with van der Waals surface area (Å²) >= 11 is 6.08. The van der Waals surface area contributed by atoms with Gasteiger partial charge in [-0.1, -0.05) is 43.6 Å². The molecule has 1 heterocycles. The summed E-state index contributed by atoms with van der Waals surface area (Å²) in [5.41, 5.74) is 2.18. The molecule has 0 fully saturated rings. The minimum Gasteiger partial charge on any atom is -0.385 e. The number of aromatic nitrogens is 1. The zero-order valence-corrected chi connectivity index (χ0v) is 14.2. The number of hydrogen-bond donors (Lipinski definition) is 2. The second-order valence-electron chi connectivity index (χ2n) is 5.81. The van der Waals surface area contributed by atoms with Gasteiger partial charge in [0.15, 0.2) is 0 Å². The molecule has 0 aliphatic rings. The molecule has 0 saturated carbocycles. The van der Waals surface area contributed by atoms with Crippen molar-refractivity contribution in [2.24, 2.45) is 5.92 Å². The number of anilines is 1. The van der Waals surface area contributed by atoms with Crippen LogP contribution in [0.5, 0.6) is 0 Å². The van der Waals surface area contributed by atoms with Crippen molar-refractivity contribution < 1.29 is 4.79 Å². The van der Waals surface area contributed by atoms with E-state index in [2.05, 4.69) is 29.5 Å². The van der Waals surface area contributed by atoms with Gasteiger partial charge in [-0.2, -0.15) is 0 Å². The highest BCUT2D eigenvalue weighted by atomic mass is 35.5. The summed E-state index contributed by atoms with van der Waals surface area (Å²) in [4.78, 5) is 16.4. The lowest BCUT2D eigenvalue weighted by atomic mass is 10.1. The van der Waals surface area contributed by atoms with E-state index in [9.17, 15) is 4.79 Å². The van der Waals surface area contributed by atoms with Gasteiger partial charge in [-0.3, -0.25) is 9.78 Å². The van der Waals surface area contributed by atoms with Crippen molar-refractivity contribution in [3.05, 3.63) is 58.9 Å². The minimum atomic E-state index is -0.211. The standard InChI is InChI=1S/C18H22ClN3O/c1-13(2)7-9-20-15-8-10-21-17(11-15)18(23)22-12-14-5-3-4-6-16(14)19/h3-6,8,10-11,13H,7,9,12H2,1-2H3,(H,20,21)(H,22,23). The van der Waals surface area contributed by atoms with Crippen LogP contribution in [-0.4, -0.2) is 17.4 Å². The summed E-state index contributed by atoms with van der Waals surface area (Å²) in [6.45, 7) is 5.62. The average Bonchev–Trinajstić information content (AvgIpc) is 2.54. The maximum absolute atomic E-state index is 12.2. The fourth-order valence-electron chi connectivity index (χ4n) is 2.08. The number of amides is 1. The largest absolute Gasteiger partial charge is 0.385 e. The number of halogens is 1. The monoisotopic (exact) mass is 331 g/mol. The molecule has 2 rings (SSSR count). The van der Waals surface area contributed by atoms with Gasteiger partial charge in [0.1, 0.15) is 5.69 Å². The third kappa shape index (κ3) is 5.57. The van der Waals surface area contributed by atoms with Gasteiger partial charge in [-0.25, -0.2) is 0 Å². The molecule has 2 N–H and O–H groups in total. The second kappa shape index (κ2) is 8.53. The highest BCUT2D eigenvalue weighted by molar-refractivity contribution is 6.31. The van der Waals surface area contributed by atoms with Crippen LogP contribution >= 0.6 is 11.6 Å². The van der Waals surface area contributed by atoms with Crippen molar-refractivity contribution in [3.8, 4) is 0 Å². The van der Waals surface area contributed by atoms with Crippen molar-refractivity contribution >= 4 is 23.2 Å². The zero-order valence-electron chi connectivity index (χ0n) is 13.5. The third-order valence-corrected chi connectivity index (χ3v) is 3.81. The molecule has 0 bridgehead atoms. The van der Waals surface area contributed by atoms with E-state index in [4.69, 9.17) is 11.6 Å². The molecule has 1 aromatic carbocycles. The summed E-state index contributed by atoms with van der Waals surface area (Å²) in [7, 11) is 0. The summed E-state index contributed by atoms with van der Waals surface area (Å²) in [6, 6.07) is 11.1. The molecule has 0 radical (unpaired) electrons. The molecule has 2 aromatic rings. The van der Waals surface area contributed by atoms with Crippen LogP contribution in [-0.2, 0) is 6.54 Å². The van der Waals surface area contributed by atoms with E-state index >= 15 is 0 Å². The van der Waals surface area contributed by atoms with Crippen molar-refractivity contribution in [2.45, 2.75) is 26.8 Å². The molecular weight excluding hydrogens is 310 g/mol. The van der Waals surface area contributed by atoms with Crippen LogP contribution in [0.25, 0.3) is 0 Å². The van der Waals surface area contributed by atoms with Crippen LogP contribution in [0.4, 0.5) is 5.69 Å². The number of carbonyl (C=O) groups excluding carboxylic acids is 1. The maximum atomic E-state index is 12.2. The van der Waals surface area contributed by atoms with Gasteiger partial charge in [-0.05, 0) is 36.1 Å². The third-order valence-electron chi connectivity index (χ3n) is 3.44. The Hall–Kier alpha value is -2.07.